The Morgan fingerprint density at radius 1 is 1.43 bits per heavy atom. The first-order chi connectivity index (χ1) is 6.77. The molecule has 0 radical (unpaired) electrons. The molecule has 78 valence electrons. The van der Waals surface area contributed by atoms with E-state index in [9.17, 15) is 5.11 Å². The highest BCUT2D eigenvalue weighted by Crippen LogP contribution is 2.35. The molecular formula is C11H17NOS. The minimum atomic E-state index is -0.311. The van der Waals surface area contributed by atoms with Crippen molar-refractivity contribution in [3.05, 3.63) is 16.1 Å². The number of aromatic nitrogens is 1. The molecule has 2 rings (SSSR count). The average Bonchev–Trinajstić information content (AvgIpc) is 2.65. The number of rotatable bonds is 2. The molecule has 1 fully saturated rings. The maximum absolute atomic E-state index is 10.1. The molecular weight excluding hydrogens is 194 g/mol. The van der Waals surface area contributed by atoms with Crippen LogP contribution < -0.4 is 0 Å². The van der Waals surface area contributed by atoms with Crippen molar-refractivity contribution in [2.24, 2.45) is 5.92 Å². The second kappa shape index (κ2) is 4.41. The zero-order valence-corrected chi connectivity index (χ0v) is 9.39. The summed E-state index contributed by atoms with van der Waals surface area (Å²) in [6.07, 6.45) is 5.90. The minimum absolute atomic E-state index is 0.311. The van der Waals surface area contributed by atoms with Crippen LogP contribution in [0.2, 0.25) is 0 Å². The van der Waals surface area contributed by atoms with Crippen molar-refractivity contribution in [3.63, 3.8) is 0 Å². The molecule has 14 heavy (non-hydrogen) atoms. The zero-order valence-electron chi connectivity index (χ0n) is 8.57. The molecule has 0 spiro atoms. The van der Waals surface area contributed by atoms with Crippen LogP contribution >= 0.6 is 11.3 Å². The first-order valence-corrected chi connectivity index (χ1v) is 6.25. The Morgan fingerprint density at radius 3 is 2.71 bits per heavy atom. The summed E-state index contributed by atoms with van der Waals surface area (Å²) in [4.78, 5) is 4.35. The molecule has 1 aromatic heterocycles. The van der Waals surface area contributed by atoms with E-state index < -0.39 is 0 Å². The Bertz CT molecular complexity index is 291. The molecule has 0 amide bonds. The van der Waals surface area contributed by atoms with Crippen LogP contribution in [-0.4, -0.2) is 10.1 Å². The molecule has 1 N–H and O–H groups in total. The number of thiazole rings is 1. The van der Waals surface area contributed by atoms with Crippen LogP contribution in [0.5, 0.6) is 0 Å². The summed E-state index contributed by atoms with van der Waals surface area (Å²) < 4.78 is 0. The number of aliphatic hydroxyl groups excluding tert-OH is 1. The Hall–Kier alpha value is -0.410. The van der Waals surface area contributed by atoms with E-state index in [1.54, 1.807) is 11.3 Å². The smallest absolute Gasteiger partial charge is 0.122 e. The van der Waals surface area contributed by atoms with Crippen molar-refractivity contribution in [2.45, 2.75) is 45.1 Å². The highest BCUT2D eigenvalue weighted by atomic mass is 32.1. The third kappa shape index (κ3) is 2.15. The lowest BCUT2D eigenvalue weighted by atomic mass is 9.85. The SMILES string of the molecule is Cc1csc(C(O)C2CCCCC2)n1. The highest BCUT2D eigenvalue weighted by molar-refractivity contribution is 7.09. The summed E-state index contributed by atoms with van der Waals surface area (Å²) in [6, 6.07) is 0. The Balaban J connectivity index is 2.03. The van der Waals surface area contributed by atoms with Gasteiger partial charge in [-0.05, 0) is 25.7 Å². The van der Waals surface area contributed by atoms with Crippen LogP contribution in [0.15, 0.2) is 5.38 Å². The molecule has 2 nitrogen and oxygen atoms in total. The van der Waals surface area contributed by atoms with Crippen molar-refractivity contribution in [1.82, 2.24) is 4.98 Å². The zero-order chi connectivity index (χ0) is 9.97. The van der Waals surface area contributed by atoms with Gasteiger partial charge in [0.1, 0.15) is 11.1 Å². The number of aryl methyl sites for hydroxylation is 1. The van der Waals surface area contributed by atoms with Gasteiger partial charge in [0.25, 0.3) is 0 Å². The van der Waals surface area contributed by atoms with Gasteiger partial charge in [0, 0.05) is 11.1 Å². The fraction of sp³-hybridized carbons (Fsp3) is 0.727. The fourth-order valence-electron chi connectivity index (χ4n) is 2.16. The highest BCUT2D eigenvalue weighted by Gasteiger charge is 2.24. The topological polar surface area (TPSA) is 33.1 Å². The van der Waals surface area contributed by atoms with Gasteiger partial charge in [-0.1, -0.05) is 19.3 Å². The summed E-state index contributed by atoms with van der Waals surface area (Å²) in [5.74, 6) is 0.453. The number of nitrogens with zero attached hydrogens (tertiary/aromatic N) is 1. The molecule has 0 bridgehead atoms. The van der Waals surface area contributed by atoms with Crippen LogP contribution in [0.3, 0.4) is 0 Å². The number of hydrogen-bond donors (Lipinski definition) is 1. The van der Waals surface area contributed by atoms with Crippen LogP contribution in [0.4, 0.5) is 0 Å². The molecule has 0 aromatic carbocycles. The van der Waals surface area contributed by atoms with Crippen LogP contribution in [-0.2, 0) is 0 Å². The molecule has 3 heteroatoms. The second-order valence-corrected chi connectivity index (χ2v) is 5.06. The summed E-state index contributed by atoms with van der Waals surface area (Å²) >= 11 is 1.59. The van der Waals surface area contributed by atoms with Crippen molar-refractivity contribution >= 4 is 11.3 Å². The van der Waals surface area contributed by atoms with Gasteiger partial charge >= 0.3 is 0 Å². The molecule has 0 aliphatic heterocycles. The van der Waals surface area contributed by atoms with Gasteiger partial charge < -0.3 is 5.11 Å². The standard InChI is InChI=1S/C11H17NOS/c1-8-7-14-11(12-8)10(13)9-5-3-2-4-6-9/h7,9-10,13H,2-6H2,1H3. The van der Waals surface area contributed by atoms with E-state index >= 15 is 0 Å². The maximum atomic E-state index is 10.1. The maximum Gasteiger partial charge on any atom is 0.122 e. The largest absolute Gasteiger partial charge is 0.386 e. The number of hydrogen-bond acceptors (Lipinski definition) is 3. The molecule has 1 heterocycles. The predicted octanol–water partition coefficient (Wildman–Crippen LogP) is 3.07. The minimum Gasteiger partial charge on any atom is -0.386 e. The van der Waals surface area contributed by atoms with E-state index in [1.165, 1.54) is 32.1 Å². The van der Waals surface area contributed by atoms with Crippen molar-refractivity contribution < 1.29 is 5.11 Å². The Morgan fingerprint density at radius 2 is 2.14 bits per heavy atom. The van der Waals surface area contributed by atoms with E-state index in [-0.39, 0.29) is 6.10 Å². The normalized spacial score (nSPS) is 21.0. The molecule has 0 saturated heterocycles. The van der Waals surface area contributed by atoms with Gasteiger partial charge in [-0.25, -0.2) is 4.98 Å². The average molecular weight is 211 g/mol. The molecule has 1 unspecified atom stereocenters. The van der Waals surface area contributed by atoms with Gasteiger partial charge in [0.05, 0.1) is 0 Å². The Labute approximate surface area is 89.0 Å². The quantitative estimate of drug-likeness (QED) is 0.815. The fourth-order valence-corrected chi connectivity index (χ4v) is 3.03. The third-order valence-electron chi connectivity index (χ3n) is 2.99. The van der Waals surface area contributed by atoms with E-state index in [2.05, 4.69) is 4.98 Å². The molecule has 1 saturated carbocycles. The van der Waals surface area contributed by atoms with Gasteiger partial charge in [0.15, 0.2) is 0 Å². The van der Waals surface area contributed by atoms with E-state index in [4.69, 9.17) is 0 Å². The van der Waals surface area contributed by atoms with Gasteiger partial charge in [-0.15, -0.1) is 11.3 Å². The van der Waals surface area contributed by atoms with E-state index in [0.717, 1.165) is 10.7 Å². The van der Waals surface area contributed by atoms with Crippen molar-refractivity contribution in [3.8, 4) is 0 Å². The first-order valence-electron chi connectivity index (χ1n) is 5.37. The summed E-state index contributed by atoms with van der Waals surface area (Å²) in [5.41, 5.74) is 1.03. The van der Waals surface area contributed by atoms with Crippen LogP contribution in [0.25, 0.3) is 0 Å². The molecule has 1 aliphatic rings. The summed E-state index contributed by atoms with van der Waals surface area (Å²) in [5, 5.41) is 13.0. The van der Waals surface area contributed by atoms with Gasteiger partial charge in [0.2, 0.25) is 0 Å². The van der Waals surface area contributed by atoms with E-state index in [0.29, 0.717) is 5.92 Å². The lowest BCUT2D eigenvalue weighted by molar-refractivity contribution is 0.0845. The monoisotopic (exact) mass is 211 g/mol. The van der Waals surface area contributed by atoms with Gasteiger partial charge in [-0.2, -0.15) is 0 Å². The van der Waals surface area contributed by atoms with Crippen LogP contribution in [0, 0.1) is 12.8 Å². The van der Waals surface area contributed by atoms with Crippen molar-refractivity contribution in [2.75, 3.05) is 0 Å². The molecule has 1 atom stereocenters. The number of aliphatic hydroxyl groups is 1. The molecule has 1 aliphatic carbocycles. The van der Waals surface area contributed by atoms with Crippen LogP contribution in [0.1, 0.15) is 48.9 Å². The summed E-state index contributed by atoms with van der Waals surface area (Å²) in [7, 11) is 0. The van der Waals surface area contributed by atoms with Crippen molar-refractivity contribution in [1.29, 1.82) is 0 Å². The lowest BCUT2D eigenvalue weighted by Crippen LogP contribution is -2.15. The predicted molar refractivity (Wildman–Crippen MR) is 58.4 cm³/mol. The Kier molecular flexibility index (Phi) is 3.19. The molecule has 1 aromatic rings. The first kappa shape index (κ1) is 10.1. The summed E-state index contributed by atoms with van der Waals surface area (Å²) in [6.45, 7) is 1.98. The third-order valence-corrected chi connectivity index (χ3v) is 4.02. The van der Waals surface area contributed by atoms with Gasteiger partial charge in [-0.3, -0.25) is 0 Å². The second-order valence-electron chi connectivity index (χ2n) is 4.17. The van der Waals surface area contributed by atoms with E-state index in [1.807, 2.05) is 12.3 Å². The lowest BCUT2D eigenvalue weighted by Gasteiger charge is -2.25.